The number of sulfonamides is 1. The number of hydrogen-bond donors (Lipinski definition) is 2. The molecule has 3 N–H and O–H groups in total. The van der Waals surface area contributed by atoms with Crippen LogP contribution in [-0.4, -0.2) is 34.7 Å². The third kappa shape index (κ3) is 1.98. The van der Waals surface area contributed by atoms with Crippen LogP contribution in [-0.2, 0) is 14.8 Å². The summed E-state index contributed by atoms with van der Waals surface area (Å²) in [7, 11) is -4.20. The molecule has 21 heavy (non-hydrogen) atoms. The number of benzene rings is 1. The molecule has 0 spiro atoms. The highest BCUT2D eigenvalue weighted by Crippen LogP contribution is 2.31. The Balaban J connectivity index is 2.26. The molecule has 0 unspecified atom stereocenters. The predicted molar refractivity (Wildman–Crippen MR) is 73.7 cm³/mol. The van der Waals surface area contributed by atoms with Crippen molar-refractivity contribution in [3.8, 4) is 5.75 Å². The van der Waals surface area contributed by atoms with Gasteiger partial charge in [0.05, 0.1) is 11.3 Å². The Morgan fingerprint density at radius 1 is 1.29 bits per heavy atom. The molecule has 2 aromatic rings. The number of amides is 1. The van der Waals surface area contributed by atoms with Gasteiger partial charge in [-0.15, -0.1) is 9.52 Å². The fourth-order valence-electron chi connectivity index (χ4n) is 2.07. The second-order valence-corrected chi connectivity index (χ2v) is 6.13. The topological polar surface area (TPSA) is 126 Å². The number of hydrogen-bond acceptors (Lipinski definition) is 7. The van der Waals surface area contributed by atoms with E-state index in [9.17, 15) is 18.3 Å². The summed E-state index contributed by atoms with van der Waals surface area (Å²) in [5, 5.41) is 13.5. The third-order valence-electron chi connectivity index (χ3n) is 2.98. The molecule has 108 valence electrons. The number of phenols is 1. The summed E-state index contributed by atoms with van der Waals surface area (Å²) in [6, 6.07) is 5.43. The molecular formula is C12H10N4O4S. The highest BCUT2D eigenvalue weighted by atomic mass is 32.2. The van der Waals surface area contributed by atoms with Crippen LogP contribution in [0.2, 0.25) is 0 Å². The molecule has 1 aromatic heterocycles. The van der Waals surface area contributed by atoms with E-state index in [1.165, 1.54) is 30.5 Å². The minimum atomic E-state index is -4.20. The van der Waals surface area contributed by atoms with Crippen molar-refractivity contribution in [2.75, 3.05) is 0 Å². The van der Waals surface area contributed by atoms with Gasteiger partial charge in [0.1, 0.15) is 17.1 Å². The van der Waals surface area contributed by atoms with Crippen LogP contribution in [0.5, 0.6) is 5.75 Å². The standard InChI is InChI=1S/C12H10N4O4S/c13-10-6-11(18)16(15-10)21(19,20)9-4-3-8(17)12-7(9)2-1-5-14-12/h1-5,17H,6H2,(H2,13,15). The normalized spacial score (nSPS) is 15.5. The van der Waals surface area contributed by atoms with Gasteiger partial charge in [0.15, 0.2) is 0 Å². The molecule has 0 atom stereocenters. The zero-order chi connectivity index (χ0) is 15.2. The Bertz CT molecular complexity index is 891. The van der Waals surface area contributed by atoms with E-state index in [0.29, 0.717) is 4.41 Å². The Labute approximate surface area is 119 Å². The van der Waals surface area contributed by atoms with Crippen LogP contribution in [0.3, 0.4) is 0 Å². The largest absolute Gasteiger partial charge is 0.506 e. The molecule has 1 aliphatic heterocycles. The maximum atomic E-state index is 12.5. The Kier molecular flexibility index (Phi) is 2.80. The number of carbonyl (C=O) groups excluding carboxylic acids is 1. The zero-order valence-corrected chi connectivity index (χ0v) is 11.4. The molecule has 1 aromatic carbocycles. The van der Waals surface area contributed by atoms with Crippen LogP contribution in [0.1, 0.15) is 6.42 Å². The van der Waals surface area contributed by atoms with Gasteiger partial charge in [0.25, 0.3) is 15.9 Å². The van der Waals surface area contributed by atoms with Gasteiger partial charge in [0, 0.05) is 11.6 Å². The van der Waals surface area contributed by atoms with Crippen LogP contribution < -0.4 is 5.73 Å². The average Bonchev–Trinajstić information content (AvgIpc) is 2.79. The number of nitrogens with two attached hydrogens (primary N) is 1. The van der Waals surface area contributed by atoms with Crippen molar-refractivity contribution in [2.24, 2.45) is 10.8 Å². The van der Waals surface area contributed by atoms with E-state index in [2.05, 4.69) is 10.1 Å². The lowest BCUT2D eigenvalue weighted by Crippen LogP contribution is -2.28. The lowest BCUT2D eigenvalue weighted by atomic mass is 10.2. The van der Waals surface area contributed by atoms with E-state index >= 15 is 0 Å². The van der Waals surface area contributed by atoms with Crippen LogP contribution >= 0.6 is 0 Å². The van der Waals surface area contributed by atoms with Crippen molar-refractivity contribution in [1.82, 2.24) is 9.40 Å². The molecule has 0 bridgehead atoms. The number of fused-ring (bicyclic) bond motifs is 1. The maximum absolute atomic E-state index is 12.5. The van der Waals surface area contributed by atoms with Crippen LogP contribution in [0, 0.1) is 0 Å². The van der Waals surface area contributed by atoms with Crippen molar-refractivity contribution in [1.29, 1.82) is 0 Å². The van der Waals surface area contributed by atoms with Gasteiger partial charge in [-0.05, 0) is 24.3 Å². The summed E-state index contributed by atoms with van der Waals surface area (Å²) < 4.78 is 25.5. The zero-order valence-electron chi connectivity index (χ0n) is 10.6. The van der Waals surface area contributed by atoms with Crippen molar-refractivity contribution in [3.05, 3.63) is 30.5 Å². The molecule has 9 heteroatoms. The fraction of sp³-hybridized carbons (Fsp3) is 0.0833. The number of pyridine rings is 1. The summed E-state index contributed by atoms with van der Waals surface area (Å²) in [6.45, 7) is 0. The maximum Gasteiger partial charge on any atom is 0.286 e. The smallest absolute Gasteiger partial charge is 0.286 e. The van der Waals surface area contributed by atoms with Gasteiger partial charge in [0.2, 0.25) is 0 Å². The van der Waals surface area contributed by atoms with Crippen molar-refractivity contribution in [3.63, 3.8) is 0 Å². The predicted octanol–water partition coefficient (Wildman–Crippen LogP) is 0.134. The lowest BCUT2D eigenvalue weighted by molar-refractivity contribution is -0.124. The fourth-order valence-corrected chi connectivity index (χ4v) is 3.48. The highest BCUT2D eigenvalue weighted by Gasteiger charge is 2.35. The van der Waals surface area contributed by atoms with Gasteiger partial charge in [-0.2, -0.15) is 8.42 Å². The molecule has 1 aliphatic rings. The Hall–Kier alpha value is -2.68. The molecule has 0 aliphatic carbocycles. The van der Waals surface area contributed by atoms with Crippen molar-refractivity contribution >= 4 is 32.7 Å². The van der Waals surface area contributed by atoms with E-state index in [1.807, 2.05) is 0 Å². The van der Waals surface area contributed by atoms with E-state index in [4.69, 9.17) is 5.73 Å². The van der Waals surface area contributed by atoms with E-state index < -0.39 is 15.9 Å². The number of aromatic nitrogens is 1. The first-order valence-corrected chi connectivity index (χ1v) is 7.33. The number of nitrogens with zero attached hydrogens (tertiary/aromatic N) is 3. The minimum Gasteiger partial charge on any atom is -0.506 e. The molecular weight excluding hydrogens is 296 g/mol. The quantitative estimate of drug-likeness (QED) is 0.812. The molecule has 1 amide bonds. The summed E-state index contributed by atoms with van der Waals surface area (Å²) >= 11 is 0. The highest BCUT2D eigenvalue weighted by molar-refractivity contribution is 7.89. The van der Waals surface area contributed by atoms with Crippen LogP contribution in [0.4, 0.5) is 0 Å². The van der Waals surface area contributed by atoms with Gasteiger partial charge in [-0.25, -0.2) is 0 Å². The molecule has 0 saturated carbocycles. The Morgan fingerprint density at radius 3 is 2.71 bits per heavy atom. The monoisotopic (exact) mass is 306 g/mol. The van der Waals surface area contributed by atoms with Crippen molar-refractivity contribution in [2.45, 2.75) is 11.3 Å². The Morgan fingerprint density at radius 2 is 2.05 bits per heavy atom. The number of aromatic hydroxyl groups is 1. The van der Waals surface area contributed by atoms with E-state index in [-0.39, 0.29) is 33.8 Å². The summed E-state index contributed by atoms with van der Waals surface area (Å²) in [4.78, 5) is 15.5. The lowest BCUT2D eigenvalue weighted by Gasteiger charge is -2.14. The van der Waals surface area contributed by atoms with Gasteiger partial charge in [-0.3, -0.25) is 9.78 Å². The van der Waals surface area contributed by atoms with Crippen LogP contribution in [0.15, 0.2) is 40.5 Å². The molecule has 0 fully saturated rings. The van der Waals surface area contributed by atoms with E-state index in [1.54, 1.807) is 0 Å². The third-order valence-corrected chi connectivity index (χ3v) is 4.63. The molecule has 3 rings (SSSR count). The van der Waals surface area contributed by atoms with E-state index in [0.717, 1.165) is 0 Å². The number of amidine groups is 1. The second-order valence-electron chi connectivity index (χ2n) is 4.39. The van der Waals surface area contributed by atoms with Gasteiger partial charge >= 0.3 is 0 Å². The number of carbonyl (C=O) groups is 1. The summed E-state index contributed by atoms with van der Waals surface area (Å²) in [5.41, 5.74) is 5.52. The first-order valence-electron chi connectivity index (χ1n) is 5.89. The summed E-state index contributed by atoms with van der Waals surface area (Å²) in [6.07, 6.45) is 1.18. The second kappa shape index (κ2) is 4.42. The summed E-state index contributed by atoms with van der Waals surface area (Å²) in [5.74, 6) is -0.942. The first-order chi connectivity index (χ1) is 9.91. The molecule has 2 heterocycles. The number of rotatable bonds is 2. The molecule has 0 saturated heterocycles. The average molecular weight is 306 g/mol. The first kappa shape index (κ1) is 13.3. The van der Waals surface area contributed by atoms with Crippen LogP contribution in [0.25, 0.3) is 10.9 Å². The SMILES string of the molecule is NC1=NN(S(=O)(=O)c2ccc(O)c3ncccc23)C(=O)C1. The molecule has 8 nitrogen and oxygen atoms in total. The number of phenolic OH excluding ortho intramolecular Hbond substituents is 1. The number of hydrazone groups is 1. The molecule has 0 radical (unpaired) electrons. The van der Waals surface area contributed by atoms with Gasteiger partial charge < -0.3 is 10.8 Å². The van der Waals surface area contributed by atoms with Crippen molar-refractivity contribution < 1.29 is 18.3 Å². The minimum absolute atomic E-state index is 0.0650. The van der Waals surface area contributed by atoms with Gasteiger partial charge in [-0.1, -0.05) is 0 Å².